The zero-order valence-electron chi connectivity index (χ0n) is 17.6. The Labute approximate surface area is 203 Å². The normalized spacial score (nSPS) is 11.8. The molecule has 31 heavy (non-hydrogen) atoms. The second-order valence-corrected chi connectivity index (χ2v) is 8.91. The molecule has 0 aromatic heterocycles. The molecule has 0 aliphatic carbocycles. The summed E-state index contributed by atoms with van der Waals surface area (Å²) in [5, 5.41) is 4.69. The molecule has 0 saturated carbocycles. The van der Waals surface area contributed by atoms with E-state index in [0.717, 1.165) is 12.8 Å². The summed E-state index contributed by atoms with van der Waals surface area (Å²) in [6.07, 6.45) is 2.40. The number of carbonyl (C=O) groups excluding carboxylic acids is 2. The fourth-order valence-electron chi connectivity index (χ4n) is 3.18. The Morgan fingerprint density at radius 1 is 0.968 bits per heavy atom. The van der Waals surface area contributed by atoms with Crippen LogP contribution >= 0.6 is 46.4 Å². The Morgan fingerprint density at radius 3 is 2.32 bits per heavy atom. The number of benzene rings is 2. The van der Waals surface area contributed by atoms with E-state index in [1.54, 1.807) is 41.3 Å². The fraction of sp³-hybridized carbons (Fsp3) is 0.391. The summed E-state index contributed by atoms with van der Waals surface area (Å²) in [6.45, 7) is 4.70. The molecule has 0 unspecified atom stereocenters. The largest absolute Gasteiger partial charge is 0.354 e. The highest BCUT2D eigenvalue weighted by atomic mass is 35.5. The predicted molar refractivity (Wildman–Crippen MR) is 129 cm³/mol. The molecule has 2 aromatic rings. The van der Waals surface area contributed by atoms with Gasteiger partial charge in [-0.3, -0.25) is 9.59 Å². The van der Waals surface area contributed by atoms with Gasteiger partial charge in [0.25, 0.3) is 0 Å². The van der Waals surface area contributed by atoms with Crippen molar-refractivity contribution < 1.29 is 9.59 Å². The smallest absolute Gasteiger partial charge is 0.242 e. The minimum atomic E-state index is -0.626. The SMILES string of the molecule is CCCCNC(=O)[C@@H](CC)N(Cc1ccc(Cl)cc1Cl)C(=O)Cc1ccc(Cl)c(Cl)c1. The van der Waals surface area contributed by atoms with Crippen LogP contribution in [0.3, 0.4) is 0 Å². The Balaban J connectivity index is 2.31. The maximum atomic E-state index is 13.3. The van der Waals surface area contributed by atoms with Crippen molar-refractivity contribution >= 4 is 58.2 Å². The molecule has 2 aromatic carbocycles. The molecule has 0 saturated heterocycles. The maximum absolute atomic E-state index is 13.3. The van der Waals surface area contributed by atoms with E-state index in [-0.39, 0.29) is 24.8 Å². The summed E-state index contributed by atoms with van der Waals surface area (Å²) in [5.74, 6) is -0.384. The molecule has 0 radical (unpaired) electrons. The quantitative estimate of drug-likeness (QED) is 0.373. The summed E-state index contributed by atoms with van der Waals surface area (Å²) < 4.78 is 0. The van der Waals surface area contributed by atoms with Crippen LogP contribution < -0.4 is 5.32 Å². The molecule has 2 rings (SSSR count). The molecule has 0 heterocycles. The molecule has 8 heteroatoms. The average Bonchev–Trinajstić information content (AvgIpc) is 2.72. The molecule has 0 spiro atoms. The van der Waals surface area contributed by atoms with E-state index in [1.807, 2.05) is 6.92 Å². The van der Waals surface area contributed by atoms with Gasteiger partial charge in [-0.15, -0.1) is 0 Å². The summed E-state index contributed by atoms with van der Waals surface area (Å²) >= 11 is 24.5. The minimum Gasteiger partial charge on any atom is -0.354 e. The highest BCUT2D eigenvalue weighted by Gasteiger charge is 2.29. The number of amides is 2. The fourth-order valence-corrected chi connectivity index (χ4v) is 3.97. The van der Waals surface area contributed by atoms with E-state index in [2.05, 4.69) is 12.2 Å². The van der Waals surface area contributed by atoms with Crippen LogP contribution in [0, 0.1) is 0 Å². The maximum Gasteiger partial charge on any atom is 0.242 e. The van der Waals surface area contributed by atoms with Gasteiger partial charge in [0.15, 0.2) is 0 Å². The molecule has 2 amide bonds. The Morgan fingerprint density at radius 2 is 1.71 bits per heavy atom. The number of carbonyl (C=O) groups is 2. The van der Waals surface area contributed by atoms with E-state index in [0.29, 0.717) is 44.2 Å². The lowest BCUT2D eigenvalue weighted by atomic mass is 10.1. The lowest BCUT2D eigenvalue weighted by Crippen LogP contribution is -2.49. The predicted octanol–water partition coefficient (Wildman–Crippen LogP) is 6.57. The van der Waals surface area contributed by atoms with E-state index < -0.39 is 6.04 Å². The van der Waals surface area contributed by atoms with Crippen molar-refractivity contribution in [2.45, 2.75) is 52.1 Å². The average molecular weight is 504 g/mol. The molecule has 0 fully saturated rings. The third-order valence-electron chi connectivity index (χ3n) is 4.91. The summed E-state index contributed by atoms with van der Waals surface area (Å²) in [5.41, 5.74) is 1.43. The Kier molecular flexibility index (Phi) is 10.4. The van der Waals surface area contributed by atoms with Gasteiger partial charge in [0.1, 0.15) is 6.04 Å². The number of unbranched alkanes of at least 4 members (excludes halogenated alkanes) is 1. The van der Waals surface area contributed by atoms with Crippen molar-refractivity contribution in [2.75, 3.05) is 6.54 Å². The van der Waals surface area contributed by atoms with Crippen molar-refractivity contribution in [1.29, 1.82) is 0 Å². The van der Waals surface area contributed by atoms with E-state index >= 15 is 0 Å². The van der Waals surface area contributed by atoms with Gasteiger partial charge in [-0.1, -0.05) is 78.8 Å². The highest BCUT2D eigenvalue weighted by Crippen LogP contribution is 2.26. The monoisotopic (exact) mass is 502 g/mol. The molecule has 168 valence electrons. The van der Waals surface area contributed by atoms with E-state index in [9.17, 15) is 9.59 Å². The zero-order chi connectivity index (χ0) is 23.0. The van der Waals surface area contributed by atoms with Crippen LogP contribution in [0.25, 0.3) is 0 Å². The molecule has 4 nitrogen and oxygen atoms in total. The van der Waals surface area contributed by atoms with Crippen molar-refractivity contribution in [1.82, 2.24) is 10.2 Å². The van der Waals surface area contributed by atoms with Crippen LogP contribution in [-0.2, 0) is 22.6 Å². The van der Waals surface area contributed by atoms with Crippen LogP contribution in [0.15, 0.2) is 36.4 Å². The first-order chi connectivity index (χ1) is 14.8. The molecule has 0 bridgehead atoms. The van der Waals surface area contributed by atoms with Gasteiger partial charge < -0.3 is 10.2 Å². The topological polar surface area (TPSA) is 49.4 Å². The number of rotatable bonds is 10. The van der Waals surface area contributed by atoms with Crippen LogP contribution in [0.1, 0.15) is 44.2 Å². The lowest BCUT2D eigenvalue weighted by molar-refractivity contribution is -0.140. The summed E-state index contributed by atoms with van der Waals surface area (Å²) in [6, 6.07) is 9.56. The van der Waals surface area contributed by atoms with Gasteiger partial charge in [0, 0.05) is 23.1 Å². The third kappa shape index (κ3) is 7.57. The van der Waals surface area contributed by atoms with Gasteiger partial charge >= 0.3 is 0 Å². The highest BCUT2D eigenvalue weighted by molar-refractivity contribution is 6.42. The van der Waals surface area contributed by atoms with Crippen LogP contribution in [0.2, 0.25) is 20.1 Å². The standard InChI is InChI=1S/C23H26Cl4N2O2/c1-3-5-10-28-23(31)21(4-2)29(14-16-7-8-17(24)13-19(16)26)22(30)12-15-6-9-18(25)20(27)11-15/h6-9,11,13,21H,3-5,10,12,14H2,1-2H3,(H,28,31)/t21-/m1/s1. The summed E-state index contributed by atoms with van der Waals surface area (Å²) in [4.78, 5) is 27.8. The van der Waals surface area contributed by atoms with Gasteiger partial charge in [0.05, 0.1) is 16.5 Å². The lowest BCUT2D eigenvalue weighted by Gasteiger charge is -2.31. The molecule has 0 aliphatic heterocycles. The molecular weight excluding hydrogens is 478 g/mol. The van der Waals surface area contributed by atoms with Crippen LogP contribution in [0.5, 0.6) is 0 Å². The van der Waals surface area contributed by atoms with Crippen molar-refractivity contribution in [3.63, 3.8) is 0 Å². The van der Waals surface area contributed by atoms with Crippen LogP contribution in [-0.4, -0.2) is 29.3 Å². The first-order valence-corrected chi connectivity index (χ1v) is 11.7. The number of nitrogens with zero attached hydrogens (tertiary/aromatic N) is 1. The first kappa shape index (κ1) is 25.8. The second kappa shape index (κ2) is 12.5. The van der Waals surface area contributed by atoms with Gasteiger partial charge in [-0.2, -0.15) is 0 Å². The Bertz CT molecular complexity index is 920. The van der Waals surface area contributed by atoms with Crippen molar-refractivity contribution in [3.05, 3.63) is 67.6 Å². The van der Waals surface area contributed by atoms with E-state index in [1.165, 1.54) is 0 Å². The number of hydrogen-bond donors (Lipinski definition) is 1. The van der Waals surface area contributed by atoms with E-state index in [4.69, 9.17) is 46.4 Å². The summed E-state index contributed by atoms with van der Waals surface area (Å²) in [7, 11) is 0. The molecule has 1 N–H and O–H groups in total. The van der Waals surface area contributed by atoms with Crippen LogP contribution in [0.4, 0.5) is 0 Å². The third-order valence-corrected chi connectivity index (χ3v) is 6.24. The van der Waals surface area contributed by atoms with Crippen molar-refractivity contribution in [2.24, 2.45) is 0 Å². The number of halogens is 4. The zero-order valence-corrected chi connectivity index (χ0v) is 20.6. The van der Waals surface area contributed by atoms with Crippen molar-refractivity contribution in [3.8, 4) is 0 Å². The molecule has 1 atom stereocenters. The first-order valence-electron chi connectivity index (χ1n) is 10.2. The van der Waals surface area contributed by atoms with Gasteiger partial charge in [0.2, 0.25) is 11.8 Å². The van der Waals surface area contributed by atoms with Gasteiger partial charge in [-0.25, -0.2) is 0 Å². The molecular formula is C23H26Cl4N2O2. The Hall–Kier alpha value is -1.46. The minimum absolute atomic E-state index is 0.0842. The molecule has 0 aliphatic rings. The second-order valence-electron chi connectivity index (χ2n) is 7.25. The van der Waals surface area contributed by atoms with Gasteiger partial charge in [-0.05, 0) is 48.2 Å². The number of hydrogen-bond acceptors (Lipinski definition) is 2. The number of nitrogens with one attached hydrogen (secondary N) is 1.